The maximum atomic E-state index is 12.7. The number of ether oxygens (including phenoxy) is 2. The molecule has 9 nitrogen and oxygen atoms in total. The van der Waals surface area contributed by atoms with Gasteiger partial charge >= 0.3 is 0 Å². The van der Waals surface area contributed by atoms with Gasteiger partial charge in [0.2, 0.25) is 0 Å². The minimum Gasteiger partial charge on any atom is -0.495 e. The van der Waals surface area contributed by atoms with Crippen LogP contribution in [-0.4, -0.2) is 29.1 Å². The summed E-state index contributed by atoms with van der Waals surface area (Å²) in [4.78, 5) is 23.5. The number of nitrogens with zero attached hydrogens (tertiary/aromatic N) is 3. The van der Waals surface area contributed by atoms with Crippen molar-refractivity contribution in [3.05, 3.63) is 81.2 Å². The van der Waals surface area contributed by atoms with Crippen LogP contribution >= 0.6 is 0 Å². The van der Waals surface area contributed by atoms with Crippen LogP contribution in [0.5, 0.6) is 11.5 Å². The average Bonchev–Trinajstić information content (AvgIpc) is 3.10. The Balaban J connectivity index is 1.95. The van der Waals surface area contributed by atoms with Crippen LogP contribution in [0.15, 0.2) is 54.1 Å². The average molecular weight is 460 g/mol. The second-order valence-corrected chi connectivity index (χ2v) is 7.36. The highest BCUT2D eigenvalue weighted by atomic mass is 16.6. The van der Waals surface area contributed by atoms with E-state index in [4.69, 9.17) is 9.47 Å². The van der Waals surface area contributed by atoms with Crippen LogP contribution in [-0.2, 0) is 4.79 Å². The van der Waals surface area contributed by atoms with E-state index < -0.39 is 10.8 Å². The molecule has 0 unspecified atom stereocenters. The number of methoxy groups -OCH3 is 1. The molecule has 0 bridgehead atoms. The number of carbonyl (C=O) groups is 1. The predicted molar refractivity (Wildman–Crippen MR) is 128 cm³/mol. The lowest BCUT2D eigenvalue weighted by molar-refractivity contribution is -0.384. The lowest BCUT2D eigenvalue weighted by Gasteiger charge is -2.14. The Hall–Kier alpha value is -4.58. The van der Waals surface area contributed by atoms with Crippen LogP contribution in [0.25, 0.3) is 11.8 Å². The summed E-state index contributed by atoms with van der Waals surface area (Å²) >= 11 is 0. The number of hydrogen-bond acceptors (Lipinski definition) is 6. The fraction of sp³-hybridized carbons (Fsp3) is 0.200. The van der Waals surface area contributed by atoms with Gasteiger partial charge < -0.3 is 19.4 Å². The van der Waals surface area contributed by atoms with Crippen LogP contribution in [0, 0.1) is 35.3 Å². The Morgan fingerprint density at radius 1 is 1.21 bits per heavy atom. The molecule has 0 spiro atoms. The van der Waals surface area contributed by atoms with E-state index in [1.807, 2.05) is 19.9 Å². The zero-order valence-corrected chi connectivity index (χ0v) is 19.3. The standard InChI is InChI=1S/C25H24N4O5/c1-5-34-22-9-6-20(7-10-22)27-25(30)19(15-26)13-18-12-16(2)28(17(18)3)23-14-21(29(31)32)8-11-24(23)33-4/h6-14H,5H2,1-4H3,(H,27,30)/b19-13-. The van der Waals surface area contributed by atoms with Crippen molar-refractivity contribution in [3.8, 4) is 23.3 Å². The molecule has 0 saturated carbocycles. The van der Waals surface area contributed by atoms with Crippen molar-refractivity contribution in [3.63, 3.8) is 0 Å². The van der Waals surface area contributed by atoms with Crippen LogP contribution in [0.2, 0.25) is 0 Å². The molecule has 1 aromatic heterocycles. The first kappa shape index (κ1) is 24.1. The molecule has 1 amide bonds. The molecule has 0 saturated heterocycles. The van der Waals surface area contributed by atoms with Crippen molar-refractivity contribution >= 4 is 23.4 Å². The summed E-state index contributed by atoms with van der Waals surface area (Å²) in [6, 6.07) is 14.9. The molecule has 3 aromatic rings. The summed E-state index contributed by atoms with van der Waals surface area (Å²) in [5.41, 5.74) is 2.94. The fourth-order valence-corrected chi connectivity index (χ4v) is 3.57. The SMILES string of the molecule is CCOc1ccc(NC(=O)/C(C#N)=C\c2cc(C)n(-c3cc([N+](=O)[O-])ccc3OC)c2C)cc1. The number of anilines is 1. The first-order valence-electron chi connectivity index (χ1n) is 10.5. The lowest BCUT2D eigenvalue weighted by Crippen LogP contribution is -2.13. The summed E-state index contributed by atoms with van der Waals surface area (Å²) in [7, 11) is 1.48. The molecule has 1 N–H and O–H groups in total. The van der Waals surface area contributed by atoms with E-state index >= 15 is 0 Å². The molecule has 0 fully saturated rings. The zero-order chi connectivity index (χ0) is 24.8. The van der Waals surface area contributed by atoms with Gasteiger partial charge in [0.25, 0.3) is 11.6 Å². The second kappa shape index (κ2) is 10.4. The van der Waals surface area contributed by atoms with E-state index in [0.29, 0.717) is 40.7 Å². The van der Waals surface area contributed by atoms with Gasteiger partial charge in [-0.3, -0.25) is 14.9 Å². The third-order valence-electron chi connectivity index (χ3n) is 5.17. The Labute approximate surface area is 197 Å². The summed E-state index contributed by atoms with van der Waals surface area (Å²) in [5.74, 6) is 0.585. The molecule has 0 aliphatic rings. The van der Waals surface area contributed by atoms with Crippen molar-refractivity contribution in [1.82, 2.24) is 4.57 Å². The Morgan fingerprint density at radius 3 is 2.50 bits per heavy atom. The number of benzene rings is 2. The summed E-state index contributed by atoms with van der Waals surface area (Å²) in [6.45, 7) is 6.05. The molecule has 0 radical (unpaired) electrons. The van der Waals surface area contributed by atoms with Gasteiger partial charge in [-0.15, -0.1) is 0 Å². The highest BCUT2D eigenvalue weighted by Crippen LogP contribution is 2.32. The summed E-state index contributed by atoms with van der Waals surface area (Å²) in [5, 5.41) is 23.6. The molecule has 174 valence electrons. The molecular weight excluding hydrogens is 436 g/mol. The molecule has 3 rings (SSSR count). The number of hydrogen-bond donors (Lipinski definition) is 1. The molecule has 34 heavy (non-hydrogen) atoms. The number of nitro benzene ring substituents is 1. The van der Waals surface area contributed by atoms with Gasteiger partial charge in [-0.05, 0) is 68.8 Å². The van der Waals surface area contributed by atoms with Gasteiger partial charge in [-0.25, -0.2) is 0 Å². The number of aromatic nitrogens is 1. The number of nitriles is 1. The van der Waals surface area contributed by atoms with E-state index in [9.17, 15) is 20.2 Å². The smallest absolute Gasteiger partial charge is 0.271 e. The monoisotopic (exact) mass is 460 g/mol. The molecule has 0 atom stereocenters. The number of non-ortho nitro benzene ring substituents is 1. The van der Waals surface area contributed by atoms with Crippen molar-refractivity contribution < 1.29 is 19.2 Å². The zero-order valence-electron chi connectivity index (χ0n) is 19.3. The number of rotatable bonds is 8. The Morgan fingerprint density at radius 2 is 1.91 bits per heavy atom. The van der Waals surface area contributed by atoms with E-state index in [1.165, 1.54) is 31.4 Å². The van der Waals surface area contributed by atoms with E-state index in [1.54, 1.807) is 41.8 Å². The highest BCUT2D eigenvalue weighted by molar-refractivity contribution is 6.09. The van der Waals surface area contributed by atoms with Crippen molar-refractivity contribution in [2.75, 3.05) is 19.0 Å². The van der Waals surface area contributed by atoms with Crippen LogP contribution in [0.3, 0.4) is 0 Å². The molecule has 9 heteroatoms. The van der Waals surface area contributed by atoms with Gasteiger partial charge in [0.05, 0.1) is 24.3 Å². The third kappa shape index (κ3) is 5.07. The molecular formula is C25H24N4O5. The normalized spacial score (nSPS) is 11.0. The van der Waals surface area contributed by atoms with E-state index in [2.05, 4.69) is 5.32 Å². The first-order valence-corrected chi connectivity index (χ1v) is 10.5. The first-order chi connectivity index (χ1) is 16.3. The van der Waals surface area contributed by atoms with Gasteiger partial charge in [-0.1, -0.05) is 0 Å². The summed E-state index contributed by atoms with van der Waals surface area (Å²) in [6.07, 6.45) is 1.49. The van der Waals surface area contributed by atoms with Crippen LogP contribution < -0.4 is 14.8 Å². The van der Waals surface area contributed by atoms with Crippen molar-refractivity contribution in [1.29, 1.82) is 5.26 Å². The van der Waals surface area contributed by atoms with E-state index in [0.717, 1.165) is 5.69 Å². The minimum atomic E-state index is -0.551. The number of aryl methyl sites for hydroxylation is 1. The number of nitro groups is 1. The van der Waals surface area contributed by atoms with E-state index in [-0.39, 0.29) is 11.3 Å². The molecule has 0 aliphatic heterocycles. The molecule has 2 aromatic carbocycles. The minimum absolute atomic E-state index is 0.0761. The quantitative estimate of drug-likeness (QED) is 0.220. The van der Waals surface area contributed by atoms with Gasteiger partial charge in [0.15, 0.2) is 0 Å². The van der Waals surface area contributed by atoms with Gasteiger partial charge in [0, 0.05) is 29.2 Å². The van der Waals surface area contributed by atoms with Gasteiger partial charge in [-0.2, -0.15) is 5.26 Å². The number of amides is 1. The predicted octanol–water partition coefficient (Wildman–Crippen LogP) is 4.96. The fourth-order valence-electron chi connectivity index (χ4n) is 3.57. The van der Waals surface area contributed by atoms with Crippen molar-refractivity contribution in [2.45, 2.75) is 20.8 Å². The topological polar surface area (TPSA) is 119 Å². The van der Waals surface area contributed by atoms with Crippen LogP contribution in [0.1, 0.15) is 23.9 Å². The summed E-state index contributed by atoms with van der Waals surface area (Å²) < 4.78 is 12.6. The molecule has 1 heterocycles. The second-order valence-electron chi connectivity index (χ2n) is 7.36. The van der Waals surface area contributed by atoms with Crippen LogP contribution in [0.4, 0.5) is 11.4 Å². The van der Waals surface area contributed by atoms with Gasteiger partial charge in [0.1, 0.15) is 23.1 Å². The number of carbonyl (C=O) groups excluding carboxylic acids is 1. The lowest BCUT2D eigenvalue weighted by atomic mass is 10.1. The highest BCUT2D eigenvalue weighted by Gasteiger charge is 2.18. The number of nitrogens with one attached hydrogen (secondary N) is 1. The third-order valence-corrected chi connectivity index (χ3v) is 5.17. The maximum Gasteiger partial charge on any atom is 0.271 e. The van der Waals surface area contributed by atoms with Crippen molar-refractivity contribution in [2.24, 2.45) is 0 Å². The Kier molecular flexibility index (Phi) is 7.33. The maximum absolute atomic E-state index is 12.7. The Bertz CT molecular complexity index is 1300. The molecule has 0 aliphatic carbocycles. The largest absolute Gasteiger partial charge is 0.495 e.